The molecule has 0 aliphatic carbocycles. The summed E-state index contributed by atoms with van der Waals surface area (Å²) < 4.78 is 0. The Balaban J connectivity index is 2.86. The molecule has 0 fully saturated rings. The maximum atomic E-state index is 8.33. The smallest absolute Gasteiger partial charge is 0.0966 e. The second kappa shape index (κ2) is 4.94. The van der Waals surface area contributed by atoms with E-state index in [9.17, 15) is 0 Å². The van der Waals surface area contributed by atoms with Crippen molar-refractivity contribution in [1.82, 2.24) is 0 Å². The van der Waals surface area contributed by atoms with Crippen molar-refractivity contribution < 1.29 is 0 Å². The van der Waals surface area contributed by atoms with Crippen molar-refractivity contribution >= 4 is 5.69 Å². The van der Waals surface area contributed by atoms with E-state index in [4.69, 9.17) is 5.26 Å². The Morgan fingerprint density at radius 1 is 1.36 bits per heavy atom. The molecule has 2 nitrogen and oxygen atoms in total. The summed E-state index contributed by atoms with van der Waals surface area (Å²) in [5, 5.41) is 8.33. The van der Waals surface area contributed by atoms with Crippen molar-refractivity contribution in [3.05, 3.63) is 29.8 Å². The fourth-order valence-corrected chi connectivity index (χ4v) is 1.05. The van der Waals surface area contributed by atoms with E-state index in [1.165, 1.54) is 0 Å². The number of rotatable bonds is 1. The highest BCUT2D eigenvalue weighted by Gasteiger charge is 1.94. The Bertz CT molecular complexity index is 402. The fourth-order valence-electron chi connectivity index (χ4n) is 1.05. The lowest BCUT2D eigenvalue weighted by Crippen LogP contribution is -2.08. The molecule has 1 aromatic rings. The zero-order valence-electron chi connectivity index (χ0n) is 8.41. The Morgan fingerprint density at radius 3 is 2.79 bits per heavy atom. The first-order chi connectivity index (χ1) is 6.74. The van der Waals surface area contributed by atoms with Gasteiger partial charge in [0, 0.05) is 25.3 Å². The molecule has 0 bridgehead atoms. The van der Waals surface area contributed by atoms with Crippen molar-refractivity contribution in [2.24, 2.45) is 0 Å². The topological polar surface area (TPSA) is 27.0 Å². The van der Waals surface area contributed by atoms with Crippen molar-refractivity contribution in [2.45, 2.75) is 6.42 Å². The predicted octanol–water partition coefficient (Wildman–Crippen LogP) is 2.02. The zero-order valence-corrected chi connectivity index (χ0v) is 8.41. The van der Waals surface area contributed by atoms with Gasteiger partial charge in [-0.25, -0.2) is 0 Å². The minimum absolute atomic E-state index is 0.284. The minimum Gasteiger partial charge on any atom is -0.378 e. The summed E-state index contributed by atoms with van der Waals surface area (Å²) in [6, 6.07) is 9.92. The molecule has 0 heterocycles. The van der Waals surface area contributed by atoms with E-state index in [-0.39, 0.29) is 6.42 Å². The molecule has 70 valence electrons. The van der Waals surface area contributed by atoms with E-state index in [1.54, 1.807) is 0 Å². The number of nitrogens with zero attached hydrogens (tertiary/aromatic N) is 2. The van der Waals surface area contributed by atoms with Gasteiger partial charge in [-0.3, -0.25) is 0 Å². The molecule has 0 amide bonds. The average Bonchev–Trinajstić information content (AvgIpc) is 2.19. The molecule has 0 unspecified atom stereocenters. The van der Waals surface area contributed by atoms with E-state index < -0.39 is 0 Å². The first kappa shape index (κ1) is 10.2. The van der Waals surface area contributed by atoms with E-state index in [0.717, 1.165) is 11.3 Å². The highest BCUT2D eigenvalue weighted by molar-refractivity contribution is 5.51. The van der Waals surface area contributed by atoms with Crippen LogP contribution in [-0.2, 0) is 0 Å². The van der Waals surface area contributed by atoms with Crippen molar-refractivity contribution in [3.8, 4) is 17.9 Å². The molecule has 0 radical (unpaired) electrons. The molecule has 1 rings (SSSR count). The Morgan fingerprint density at radius 2 is 2.14 bits per heavy atom. The summed E-state index contributed by atoms with van der Waals surface area (Å²) in [6.07, 6.45) is 0.284. The third-order valence-corrected chi connectivity index (χ3v) is 1.76. The molecule has 14 heavy (non-hydrogen) atoms. The molecule has 0 atom stereocenters. The van der Waals surface area contributed by atoms with Gasteiger partial charge in [0.05, 0.1) is 12.5 Å². The van der Waals surface area contributed by atoms with Gasteiger partial charge < -0.3 is 4.90 Å². The summed E-state index contributed by atoms with van der Waals surface area (Å²) in [6.45, 7) is 0. The normalized spacial score (nSPS) is 8.36. The van der Waals surface area contributed by atoms with Crippen LogP contribution < -0.4 is 4.90 Å². The molecule has 2 heteroatoms. The van der Waals surface area contributed by atoms with Gasteiger partial charge in [0.1, 0.15) is 0 Å². The molecule has 0 saturated carbocycles. The van der Waals surface area contributed by atoms with Crippen molar-refractivity contribution in [1.29, 1.82) is 5.26 Å². The molecule has 0 spiro atoms. The summed E-state index contributed by atoms with van der Waals surface area (Å²) in [5.74, 6) is 5.73. The van der Waals surface area contributed by atoms with Crippen LogP contribution in [0.4, 0.5) is 5.69 Å². The highest BCUT2D eigenvalue weighted by Crippen LogP contribution is 2.12. The lowest BCUT2D eigenvalue weighted by Gasteiger charge is -2.11. The Hall–Kier alpha value is -1.93. The van der Waals surface area contributed by atoms with Gasteiger partial charge in [-0.15, -0.1) is 0 Å². The summed E-state index contributed by atoms with van der Waals surface area (Å²) >= 11 is 0. The lowest BCUT2D eigenvalue weighted by atomic mass is 10.2. The lowest BCUT2D eigenvalue weighted by molar-refractivity contribution is 1.13. The quantitative estimate of drug-likeness (QED) is 0.624. The molecule has 1 aromatic carbocycles. The highest BCUT2D eigenvalue weighted by atomic mass is 15.1. The molecular formula is C12H12N2. The first-order valence-electron chi connectivity index (χ1n) is 4.37. The minimum atomic E-state index is 0.284. The van der Waals surface area contributed by atoms with Crippen LogP contribution in [-0.4, -0.2) is 14.1 Å². The number of hydrogen-bond donors (Lipinski definition) is 0. The van der Waals surface area contributed by atoms with Gasteiger partial charge >= 0.3 is 0 Å². The number of anilines is 1. The molecule has 0 saturated heterocycles. The monoisotopic (exact) mass is 184 g/mol. The standard InChI is InChI=1S/C12H12N2/c1-14(2)12-8-5-7-11(10-12)6-3-4-9-13/h5,7-8,10H,4H2,1-2H3. The van der Waals surface area contributed by atoms with Crippen LogP contribution in [0.3, 0.4) is 0 Å². The van der Waals surface area contributed by atoms with Crippen LogP contribution in [0.5, 0.6) is 0 Å². The maximum absolute atomic E-state index is 8.33. The zero-order chi connectivity index (χ0) is 10.4. The van der Waals surface area contributed by atoms with E-state index in [0.29, 0.717) is 0 Å². The van der Waals surface area contributed by atoms with Crippen LogP contribution in [0.15, 0.2) is 24.3 Å². The van der Waals surface area contributed by atoms with Crippen molar-refractivity contribution in [3.63, 3.8) is 0 Å². The Labute approximate surface area is 84.8 Å². The predicted molar refractivity (Wildman–Crippen MR) is 57.9 cm³/mol. The molecular weight excluding hydrogens is 172 g/mol. The van der Waals surface area contributed by atoms with Gasteiger partial charge in [-0.1, -0.05) is 17.9 Å². The average molecular weight is 184 g/mol. The van der Waals surface area contributed by atoms with Crippen LogP contribution in [0.2, 0.25) is 0 Å². The number of benzene rings is 1. The second-order valence-corrected chi connectivity index (χ2v) is 3.08. The van der Waals surface area contributed by atoms with Crippen LogP contribution in [0, 0.1) is 23.2 Å². The van der Waals surface area contributed by atoms with E-state index in [2.05, 4.69) is 11.8 Å². The summed E-state index contributed by atoms with van der Waals surface area (Å²) in [4.78, 5) is 2.02. The van der Waals surface area contributed by atoms with Crippen LogP contribution in [0.1, 0.15) is 12.0 Å². The third kappa shape index (κ3) is 2.84. The fraction of sp³-hybridized carbons (Fsp3) is 0.250. The third-order valence-electron chi connectivity index (χ3n) is 1.76. The van der Waals surface area contributed by atoms with Gasteiger partial charge in [-0.05, 0) is 18.2 Å². The van der Waals surface area contributed by atoms with Crippen LogP contribution in [0.25, 0.3) is 0 Å². The largest absolute Gasteiger partial charge is 0.378 e. The van der Waals surface area contributed by atoms with Crippen molar-refractivity contribution in [2.75, 3.05) is 19.0 Å². The molecule has 0 aliphatic heterocycles. The molecule has 0 aromatic heterocycles. The molecule has 0 aliphatic rings. The van der Waals surface area contributed by atoms with Crippen LogP contribution >= 0.6 is 0 Å². The summed E-state index contributed by atoms with van der Waals surface area (Å²) in [5.41, 5.74) is 2.07. The van der Waals surface area contributed by atoms with Gasteiger partial charge in [0.15, 0.2) is 0 Å². The van der Waals surface area contributed by atoms with Gasteiger partial charge in [0.2, 0.25) is 0 Å². The van der Waals surface area contributed by atoms with E-state index in [1.807, 2.05) is 49.3 Å². The first-order valence-corrected chi connectivity index (χ1v) is 4.37. The number of nitriles is 1. The van der Waals surface area contributed by atoms with Gasteiger partial charge in [-0.2, -0.15) is 5.26 Å². The SMILES string of the molecule is CN(C)c1cccc(C#CCC#N)c1. The number of hydrogen-bond acceptors (Lipinski definition) is 2. The maximum Gasteiger partial charge on any atom is 0.0966 e. The van der Waals surface area contributed by atoms with E-state index >= 15 is 0 Å². The van der Waals surface area contributed by atoms with Gasteiger partial charge in [0.25, 0.3) is 0 Å². The Kier molecular flexibility index (Phi) is 3.58. The summed E-state index contributed by atoms with van der Waals surface area (Å²) in [7, 11) is 3.98. The second-order valence-electron chi connectivity index (χ2n) is 3.08. The molecule has 0 N–H and O–H groups in total.